The number of hydrogen-bond donors (Lipinski definition) is 1. The summed E-state index contributed by atoms with van der Waals surface area (Å²) in [7, 11) is 3.64. The number of rotatable bonds is 6. The third kappa shape index (κ3) is 3.92. The fraction of sp³-hybridized carbons (Fsp3) is 0.571. The third-order valence-corrected chi connectivity index (χ3v) is 3.14. The highest BCUT2D eigenvalue weighted by molar-refractivity contribution is 5.20. The van der Waals surface area contributed by atoms with Gasteiger partial charge < -0.3 is 9.84 Å². The van der Waals surface area contributed by atoms with Crippen LogP contribution in [0.2, 0.25) is 0 Å². The van der Waals surface area contributed by atoms with Crippen molar-refractivity contribution in [2.24, 2.45) is 0 Å². The monoisotopic (exact) mass is 235 g/mol. The first-order valence-electron chi connectivity index (χ1n) is 5.78. The first kappa shape index (κ1) is 13.8. The van der Waals surface area contributed by atoms with Crippen LogP contribution in [-0.2, 0) is 6.42 Å². The van der Waals surface area contributed by atoms with Crippen molar-refractivity contribution in [1.29, 1.82) is 0 Å². The van der Waals surface area contributed by atoms with Crippen LogP contribution in [0, 0.1) is 12.1 Å². The van der Waals surface area contributed by atoms with Crippen molar-refractivity contribution in [1.82, 2.24) is 4.90 Å². The Morgan fingerprint density at radius 1 is 1.35 bits per heavy atom. The van der Waals surface area contributed by atoms with Crippen LogP contribution in [0.1, 0.15) is 19.4 Å². The van der Waals surface area contributed by atoms with Gasteiger partial charge in [-0.05, 0) is 45.5 Å². The molecule has 1 N–H and O–H groups in total. The summed E-state index contributed by atoms with van der Waals surface area (Å²) >= 11 is 0. The van der Waals surface area contributed by atoms with Crippen LogP contribution in [0.4, 0.5) is 0 Å². The zero-order valence-corrected chi connectivity index (χ0v) is 11.1. The van der Waals surface area contributed by atoms with Gasteiger partial charge in [0.2, 0.25) is 0 Å². The molecule has 3 heteroatoms. The lowest BCUT2D eigenvalue weighted by molar-refractivity contribution is 0.0801. The van der Waals surface area contributed by atoms with Crippen molar-refractivity contribution in [2.75, 3.05) is 27.3 Å². The lowest BCUT2D eigenvalue weighted by Gasteiger charge is -2.33. The molecule has 1 rings (SSSR count). The van der Waals surface area contributed by atoms with E-state index in [-0.39, 0.29) is 12.1 Å². The molecule has 0 amide bonds. The van der Waals surface area contributed by atoms with Crippen molar-refractivity contribution in [3.8, 4) is 5.75 Å². The summed E-state index contributed by atoms with van der Waals surface area (Å²) < 4.78 is 5.04. The fourth-order valence-electron chi connectivity index (χ4n) is 1.38. The number of nitrogens with zero attached hydrogens (tertiary/aromatic N) is 1. The molecule has 0 bridgehead atoms. The van der Waals surface area contributed by atoms with Crippen LogP contribution < -0.4 is 4.74 Å². The minimum absolute atomic E-state index is 0.155. The van der Waals surface area contributed by atoms with Gasteiger partial charge in [-0.15, -0.1) is 0 Å². The summed E-state index contributed by atoms with van der Waals surface area (Å²) in [6, 6.07) is 9.91. The minimum atomic E-state index is -0.184. The normalized spacial score (nSPS) is 11.4. The van der Waals surface area contributed by atoms with Crippen molar-refractivity contribution in [3.05, 3.63) is 29.8 Å². The largest absolute Gasteiger partial charge is 0.489 e. The molecule has 0 fully saturated rings. The lowest BCUT2D eigenvalue weighted by atomic mass is 10.0. The van der Waals surface area contributed by atoms with Gasteiger partial charge in [0, 0.05) is 17.6 Å². The third-order valence-electron chi connectivity index (χ3n) is 3.14. The summed E-state index contributed by atoms with van der Waals surface area (Å²) in [6.07, 6.45) is 0.889. The Balaban J connectivity index is 2.50. The maximum atomic E-state index is 9.26. The van der Waals surface area contributed by atoms with Gasteiger partial charge in [0.05, 0.1) is 13.7 Å². The van der Waals surface area contributed by atoms with Crippen molar-refractivity contribution < 1.29 is 9.84 Å². The van der Waals surface area contributed by atoms with Crippen LogP contribution in [0.25, 0.3) is 0 Å². The number of methoxy groups -OCH3 is 1. The van der Waals surface area contributed by atoms with Gasteiger partial charge in [-0.1, -0.05) is 6.07 Å². The molecule has 0 spiro atoms. The van der Waals surface area contributed by atoms with E-state index in [1.165, 1.54) is 0 Å². The van der Waals surface area contributed by atoms with E-state index in [1.807, 2.05) is 33.0 Å². The second kappa shape index (κ2) is 5.90. The number of hydrogen-bond acceptors (Lipinski definition) is 3. The van der Waals surface area contributed by atoms with Crippen molar-refractivity contribution in [2.45, 2.75) is 25.8 Å². The van der Waals surface area contributed by atoms with Gasteiger partial charge in [0.15, 0.2) is 5.75 Å². The number of aliphatic hydroxyl groups excluding tert-OH is 1. The summed E-state index contributed by atoms with van der Waals surface area (Å²) in [5, 5.41) is 9.26. The summed E-state index contributed by atoms with van der Waals surface area (Å²) in [5.74, 6) is 0.706. The van der Waals surface area contributed by atoms with E-state index in [0.29, 0.717) is 5.75 Å². The van der Waals surface area contributed by atoms with Gasteiger partial charge in [-0.3, -0.25) is 4.90 Å². The maximum Gasteiger partial charge on any atom is 0.169 e. The Kier molecular flexibility index (Phi) is 4.80. The Hall–Kier alpha value is -1.24. The maximum absolute atomic E-state index is 9.26. The van der Waals surface area contributed by atoms with Gasteiger partial charge >= 0.3 is 0 Å². The molecular formula is C14H21NO2. The predicted octanol–water partition coefficient (Wildman–Crippen LogP) is 1.54. The van der Waals surface area contributed by atoms with Crippen molar-refractivity contribution >= 4 is 0 Å². The molecular weight excluding hydrogens is 214 g/mol. The van der Waals surface area contributed by atoms with Gasteiger partial charge in [0.25, 0.3) is 0 Å². The number of likely N-dealkylation sites (N-methyl/N-ethyl adjacent to an activating group) is 1. The van der Waals surface area contributed by atoms with Gasteiger partial charge in [0.1, 0.15) is 0 Å². The topological polar surface area (TPSA) is 32.7 Å². The second-order valence-electron chi connectivity index (χ2n) is 4.82. The Morgan fingerprint density at radius 3 is 2.53 bits per heavy atom. The molecule has 17 heavy (non-hydrogen) atoms. The molecule has 0 unspecified atom stereocenters. The smallest absolute Gasteiger partial charge is 0.169 e. The first-order chi connectivity index (χ1) is 7.99. The highest BCUT2D eigenvalue weighted by atomic mass is 16.5. The van der Waals surface area contributed by atoms with Crippen LogP contribution >= 0.6 is 0 Å². The van der Waals surface area contributed by atoms with E-state index >= 15 is 0 Å². The minimum Gasteiger partial charge on any atom is -0.489 e. The van der Waals surface area contributed by atoms with Crippen molar-refractivity contribution in [3.63, 3.8) is 0 Å². The van der Waals surface area contributed by atoms with E-state index in [0.717, 1.165) is 18.5 Å². The van der Waals surface area contributed by atoms with Crippen LogP contribution in [0.5, 0.6) is 5.75 Å². The molecule has 94 valence electrons. The highest BCUT2D eigenvalue weighted by Gasteiger charge is 2.21. The number of aliphatic hydroxyl groups is 1. The SMILES string of the molecule is COc1c#cc(CCN(C)C(C)(C)CO)cc1. The predicted molar refractivity (Wildman–Crippen MR) is 68.2 cm³/mol. The molecule has 1 aromatic rings. The van der Waals surface area contributed by atoms with Crippen LogP contribution in [0.3, 0.4) is 0 Å². The van der Waals surface area contributed by atoms with Crippen LogP contribution in [0.15, 0.2) is 12.1 Å². The molecule has 0 saturated heterocycles. The molecule has 0 atom stereocenters. The first-order valence-corrected chi connectivity index (χ1v) is 5.78. The molecule has 1 aromatic carbocycles. The average molecular weight is 235 g/mol. The van der Waals surface area contributed by atoms with Crippen LogP contribution in [-0.4, -0.2) is 42.9 Å². The highest BCUT2D eigenvalue weighted by Crippen LogP contribution is 2.12. The zero-order valence-electron chi connectivity index (χ0n) is 11.1. The van der Waals surface area contributed by atoms with E-state index in [9.17, 15) is 5.11 Å². The average Bonchev–Trinajstić information content (AvgIpc) is 2.36. The molecule has 0 aliphatic rings. The Morgan fingerprint density at radius 2 is 2.06 bits per heavy atom. The van der Waals surface area contributed by atoms with E-state index in [1.54, 1.807) is 7.11 Å². The molecule has 3 nitrogen and oxygen atoms in total. The molecule has 0 saturated carbocycles. The van der Waals surface area contributed by atoms with E-state index in [4.69, 9.17) is 4.74 Å². The zero-order chi connectivity index (χ0) is 12.9. The second-order valence-corrected chi connectivity index (χ2v) is 4.82. The summed E-state index contributed by atoms with van der Waals surface area (Å²) in [4.78, 5) is 2.14. The molecule has 0 aliphatic carbocycles. The van der Waals surface area contributed by atoms with E-state index in [2.05, 4.69) is 17.0 Å². The Labute approximate surface area is 104 Å². The molecule has 0 aliphatic heterocycles. The Bertz CT molecular complexity index is 333. The molecule has 0 aromatic heterocycles. The summed E-state index contributed by atoms with van der Waals surface area (Å²) in [5.41, 5.74) is 0.919. The standard InChI is InChI=1S/C14H21NO2/c1-14(2,11-16)15(3)10-9-12-5-7-13(17-4)8-6-12/h5,7,16H,9-11H2,1-4H3. The van der Waals surface area contributed by atoms with E-state index < -0.39 is 0 Å². The fourth-order valence-corrected chi connectivity index (χ4v) is 1.38. The molecule has 0 heterocycles. The lowest BCUT2D eigenvalue weighted by Crippen LogP contribution is -2.45. The molecule has 0 radical (unpaired) electrons. The van der Waals surface area contributed by atoms with Gasteiger partial charge in [-0.2, -0.15) is 0 Å². The number of ether oxygens (including phenoxy) is 1. The quantitative estimate of drug-likeness (QED) is 0.812. The summed E-state index contributed by atoms with van der Waals surface area (Å²) in [6.45, 7) is 5.08. The van der Waals surface area contributed by atoms with Gasteiger partial charge in [-0.25, -0.2) is 0 Å².